The van der Waals surface area contributed by atoms with Crippen LogP contribution in [0.3, 0.4) is 0 Å². The Morgan fingerprint density at radius 1 is 0.350 bits per heavy atom. The van der Waals surface area contributed by atoms with Crippen LogP contribution in [0.5, 0.6) is 0 Å². The summed E-state index contributed by atoms with van der Waals surface area (Å²) in [5, 5.41) is 6.50. The van der Waals surface area contributed by atoms with E-state index in [1.54, 1.807) is 24.3 Å². The topological polar surface area (TPSA) is 0 Å². The summed E-state index contributed by atoms with van der Waals surface area (Å²) in [5.74, 6) is 0. The largest absolute Gasteiger partial charge is 0.0629 e. The van der Waals surface area contributed by atoms with Crippen LogP contribution in [0.25, 0.3) is 76.5 Å². The van der Waals surface area contributed by atoms with E-state index in [4.69, 9.17) is 8.22 Å². The number of fused-ring (bicyclic) bond motifs is 4. The van der Waals surface area contributed by atoms with Crippen molar-refractivity contribution in [1.82, 2.24) is 0 Å². The van der Waals surface area contributed by atoms with Crippen molar-refractivity contribution in [3.63, 3.8) is 0 Å². The Morgan fingerprint density at radius 2 is 0.975 bits per heavy atom. The summed E-state index contributed by atoms with van der Waals surface area (Å²) in [7, 11) is 0. The average Bonchev–Trinajstić information content (AvgIpc) is 3.08. The van der Waals surface area contributed by atoms with E-state index in [1.165, 1.54) is 12.1 Å². The van der Waals surface area contributed by atoms with Crippen LogP contribution in [0.1, 0.15) is 9.60 Å². The fourth-order valence-electron chi connectivity index (χ4n) is 6.03. The highest BCUT2D eigenvalue weighted by molar-refractivity contribution is 6.24. The zero-order valence-electron chi connectivity index (χ0n) is 28.5. The third kappa shape index (κ3) is 3.54. The molecule has 0 spiro atoms. The minimum absolute atomic E-state index is 0.00719. The van der Waals surface area contributed by atoms with E-state index in [0.717, 1.165) is 38.2 Å². The maximum absolute atomic E-state index is 9.21. The van der Waals surface area contributed by atoms with Crippen LogP contribution in [0.2, 0.25) is 0 Å². The van der Waals surface area contributed by atoms with E-state index in [1.807, 2.05) is 30.3 Å². The van der Waals surface area contributed by atoms with Crippen LogP contribution >= 0.6 is 0 Å². The van der Waals surface area contributed by atoms with Gasteiger partial charge in [-0.3, -0.25) is 0 Å². The van der Waals surface area contributed by atoms with Crippen LogP contribution < -0.4 is 0 Å². The van der Waals surface area contributed by atoms with Crippen molar-refractivity contribution in [1.29, 1.82) is 0 Å². The van der Waals surface area contributed by atoms with E-state index in [9.17, 15) is 1.37 Å². The summed E-state index contributed by atoms with van der Waals surface area (Å²) in [6.07, 6.45) is 0. The SMILES string of the molecule is [2H]c1cc(-c2c3ccc([2H])c([2H])c3c(-c3cccc4c(-c5ccc6ccccc6c5)cccc34)c3ccc([2H])c([2H])c23)cc([2H])c1[2H]. The smallest absolute Gasteiger partial charge is 0.0622 e. The minimum atomic E-state index is -0.196. The summed E-state index contributed by atoms with van der Waals surface area (Å²) in [4.78, 5) is 0. The van der Waals surface area contributed by atoms with Crippen molar-refractivity contribution in [3.05, 3.63) is 158 Å². The second kappa shape index (κ2) is 9.22. The molecule has 0 saturated heterocycles. The maximum Gasteiger partial charge on any atom is 0.0629 e. The molecular formula is C40H26. The van der Waals surface area contributed by atoms with Gasteiger partial charge in [-0.25, -0.2) is 0 Å². The Hall–Kier alpha value is -5.20. The van der Waals surface area contributed by atoms with Gasteiger partial charge < -0.3 is 0 Å². The molecule has 0 heterocycles. The Bertz CT molecular complexity index is 2580. The monoisotopic (exact) mass is 513 g/mol. The molecule has 8 aromatic carbocycles. The van der Waals surface area contributed by atoms with Crippen molar-refractivity contribution < 1.29 is 9.60 Å². The fourth-order valence-corrected chi connectivity index (χ4v) is 6.03. The molecule has 40 heavy (non-hydrogen) atoms. The average molecular weight is 514 g/mol. The minimum Gasteiger partial charge on any atom is -0.0622 e. The highest BCUT2D eigenvalue weighted by Gasteiger charge is 2.18. The molecule has 0 nitrogen and oxygen atoms in total. The third-order valence-electron chi connectivity index (χ3n) is 7.78. The van der Waals surface area contributed by atoms with Crippen molar-refractivity contribution in [2.24, 2.45) is 0 Å². The molecule has 0 aliphatic heterocycles. The van der Waals surface area contributed by atoms with Gasteiger partial charge in [-0.05, 0) is 82.5 Å². The number of benzene rings is 8. The molecule has 0 N–H and O–H groups in total. The van der Waals surface area contributed by atoms with Gasteiger partial charge in [0.1, 0.15) is 0 Å². The standard InChI is InChI=1S/C40H26/c1-2-13-28(14-3-1)39-35-16-6-8-18-37(35)40(38-19-9-7-17-36(38)39)34-23-11-21-32-31(20-10-22-33(32)34)30-25-24-27-12-4-5-15-29(27)26-30/h1-26H/i1D,2D,3D,6D,9D,16D,19D. The van der Waals surface area contributed by atoms with E-state index in [-0.39, 0.29) is 42.3 Å². The molecule has 0 aromatic heterocycles. The quantitative estimate of drug-likeness (QED) is 0.206. The molecule has 0 unspecified atom stereocenters. The van der Waals surface area contributed by atoms with Crippen LogP contribution in [-0.2, 0) is 0 Å². The Morgan fingerprint density at radius 3 is 1.75 bits per heavy atom. The lowest BCUT2D eigenvalue weighted by Gasteiger charge is -2.19. The molecule has 0 atom stereocenters. The number of rotatable bonds is 3. The highest BCUT2D eigenvalue weighted by atomic mass is 14.2. The molecule has 0 radical (unpaired) electrons. The lowest BCUT2D eigenvalue weighted by atomic mass is 9.84. The van der Waals surface area contributed by atoms with Gasteiger partial charge in [-0.15, -0.1) is 0 Å². The van der Waals surface area contributed by atoms with Gasteiger partial charge in [0.15, 0.2) is 0 Å². The molecule has 186 valence electrons. The maximum atomic E-state index is 9.21. The van der Waals surface area contributed by atoms with Gasteiger partial charge in [0.25, 0.3) is 0 Å². The molecular weight excluding hydrogens is 480 g/mol. The van der Waals surface area contributed by atoms with Crippen molar-refractivity contribution >= 4 is 43.1 Å². The first kappa shape index (κ1) is 16.7. The van der Waals surface area contributed by atoms with E-state index >= 15 is 0 Å². The highest BCUT2D eigenvalue weighted by Crippen LogP contribution is 2.46. The molecule has 0 fully saturated rings. The molecule has 0 amide bonds. The van der Waals surface area contributed by atoms with Gasteiger partial charge in [0.05, 0.1) is 9.60 Å². The zero-order valence-corrected chi connectivity index (χ0v) is 21.5. The first-order valence-electron chi connectivity index (χ1n) is 16.8. The summed E-state index contributed by atoms with van der Waals surface area (Å²) >= 11 is 0. The van der Waals surface area contributed by atoms with Gasteiger partial charge in [0, 0.05) is 0 Å². The normalized spacial score (nSPS) is 13.9. The molecule has 0 saturated carbocycles. The molecule has 0 bridgehead atoms. The predicted octanol–water partition coefficient (Wildman–Crippen LogP) is 11.3. The Labute approximate surface area is 243 Å². The van der Waals surface area contributed by atoms with Crippen molar-refractivity contribution in [3.8, 4) is 33.4 Å². The second-order valence-electron chi connectivity index (χ2n) is 9.96. The Kier molecular flexibility index (Phi) is 3.85. The molecule has 0 heteroatoms. The molecule has 0 aliphatic carbocycles. The fraction of sp³-hybridized carbons (Fsp3) is 0. The Balaban J connectivity index is 1.52. The first-order chi connectivity index (χ1) is 22.7. The molecule has 0 aliphatic rings. The van der Waals surface area contributed by atoms with Gasteiger partial charge in [0.2, 0.25) is 0 Å². The third-order valence-corrected chi connectivity index (χ3v) is 7.78. The van der Waals surface area contributed by atoms with Gasteiger partial charge in [-0.2, -0.15) is 0 Å². The molecule has 8 rings (SSSR count). The number of hydrogen-bond acceptors (Lipinski definition) is 0. The zero-order chi connectivity index (χ0) is 32.6. The van der Waals surface area contributed by atoms with Crippen LogP contribution in [-0.4, -0.2) is 0 Å². The van der Waals surface area contributed by atoms with Crippen LogP contribution in [0.15, 0.2) is 158 Å². The second-order valence-corrected chi connectivity index (χ2v) is 9.96. The van der Waals surface area contributed by atoms with Gasteiger partial charge in [-0.1, -0.05) is 151 Å². The van der Waals surface area contributed by atoms with E-state index in [2.05, 4.69) is 48.5 Å². The first-order valence-corrected chi connectivity index (χ1v) is 13.3. The predicted molar refractivity (Wildman–Crippen MR) is 173 cm³/mol. The lowest BCUT2D eigenvalue weighted by Crippen LogP contribution is -1.92. The van der Waals surface area contributed by atoms with Crippen LogP contribution in [0.4, 0.5) is 0 Å². The molecule has 8 aromatic rings. The van der Waals surface area contributed by atoms with Crippen molar-refractivity contribution in [2.75, 3.05) is 0 Å². The van der Waals surface area contributed by atoms with Gasteiger partial charge >= 0.3 is 0 Å². The van der Waals surface area contributed by atoms with Crippen LogP contribution in [0, 0.1) is 0 Å². The summed E-state index contributed by atoms with van der Waals surface area (Å²) < 4.78 is 60.5. The van der Waals surface area contributed by atoms with Crippen molar-refractivity contribution in [2.45, 2.75) is 0 Å². The summed E-state index contributed by atoms with van der Waals surface area (Å²) in [6.45, 7) is 0. The summed E-state index contributed by atoms with van der Waals surface area (Å²) in [6, 6.07) is 36.4. The van der Waals surface area contributed by atoms with E-state index < -0.39 is 0 Å². The van der Waals surface area contributed by atoms with E-state index in [0.29, 0.717) is 38.2 Å². The number of hydrogen-bond donors (Lipinski definition) is 0. The summed E-state index contributed by atoms with van der Waals surface area (Å²) in [5.41, 5.74) is 4.65. The lowest BCUT2D eigenvalue weighted by molar-refractivity contribution is 1.65.